The van der Waals surface area contributed by atoms with Gasteiger partial charge in [0, 0.05) is 39.3 Å². The van der Waals surface area contributed by atoms with E-state index in [1.807, 2.05) is 0 Å². The van der Waals surface area contributed by atoms with Crippen LogP contribution in [0.2, 0.25) is 5.02 Å². The molecule has 1 aromatic heterocycles. The Morgan fingerprint density at radius 2 is 1.63 bits per heavy atom. The molecule has 4 aromatic rings. The predicted molar refractivity (Wildman–Crippen MR) is 142 cm³/mol. The van der Waals surface area contributed by atoms with E-state index < -0.39 is 24.3 Å². The summed E-state index contributed by atoms with van der Waals surface area (Å²) in [4.78, 5) is 27.7. The highest BCUT2D eigenvalue weighted by Gasteiger charge is 2.37. The first kappa shape index (κ1) is 25.9. The molecule has 0 spiro atoms. The van der Waals surface area contributed by atoms with Gasteiger partial charge in [0.25, 0.3) is 5.91 Å². The second-order valence-electron chi connectivity index (χ2n) is 9.32. The van der Waals surface area contributed by atoms with Crippen LogP contribution in [0.4, 0.5) is 0 Å². The molecule has 38 heavy (non-hydrogen) atoms. The van der Waals surface area contributed by atoms with Gasteiger partial charge in [-0.1, -0.05) is 35.9 Å². The molecule has 2 heterocycles. The summed E-state index contributed by atoms with van der Waals surface area (Å²) < 4.78 is 6.91. The number of carbonyl (C=O) groups excluding carboxylic acids is 1. The van der Waals surface area contributed by atoms with Gasteiger partial charge < -0.3 is 20.1 Å². The van der Waals surface area contributed by atoms with Gasteiger partial charge in [0.1, 0.15) is 18.2 Å². The summed E-state index contributed by atoms with van der Waals surface area (Å²) in [6.45, 7) is 1.83. The molecule has 0 saturated heterocycles. The van der Waals surface area contributed by atoms with Crippen molar-refractivity contribution in [1.82, 2.24) is 9.47 Å². The number of aliphatic carboxylic acids is 1. The van der Waals surface area contributed by atoms with Gasteiger partial charge in [0.2, 0.25) is 0 Å². The van der Waals surface area contributed by atoms with E-state index in [4.69, 9.17) is 16.3 Å². The maximum absolute atomic E-state index is 13.6. The molecular weight excluding hydrogens is 508 g/mol. The van der Waals surface area contributed by atoms with Crippen molar-refractivity contribution in [3.05, 3.63) is 99.7 Å². The topological polar surface area (TPSA) is 112 Å². The average molecular weight is 535 g/mol. The molecule has 0 aliphatic carbocycles. The third kappa shape index (κ3) is 4.35. The number of benzene rings is 3. The fourth-order valence-corrected chi connectivity index (χ4v) is 5.48. The molecule has 1 aliphatic rings. The SMILES string of the molecule is COc1ccc2c(c1)c(C(CCN1C(O)c3ccccc3C1O)C(=O)O)c(C)n2C(=O)c1ccc(Cl)cc1. The first-order chi connectivity index (χ1) is 18.2. The molecule has 0 radical (unpaired) electrons. The van der Waals surface area contributed by atoms with E-state index in [1.165, 1.54) is 16.6 Å². The minimum absolute atomic E-state index is 0.0870. The maximum Gasteiger partial charge on any atom is 0.311 e. The van der Waals surface area contributed by atoms with Gasteiger partial charge in [0.15, 0.2) is 0 Å². The van der Waals surface area contributed by atoms with Gasteiger partial charge in [-0.2, -0.15) is 0 Å². The lowest BCUT2D eigenvalue weighted by Crippen LogP contribution is -2.29. The Bertz CT molecular complexity index is 1500. The van der Waals surface area contributed by atoms with Gasteiger partial charge in [-0.3, -0.25) is 14.2 Å². The number of carboxylic acid groups (broad SMARTS) is 1. The second-order valence-corrected chi connectivity index (χ2v) is 9.76. The number of halogens is 1. The summed E-state index contributed by atoms with van der Waals surface area (Å²) in [6.07, 6.45) is -2.02. The zero-order valence-electron chi connectivity index (χ0n) is 20.8. The lowest BCUT2D eigenvalue weighted by molar-refractivity contribution is -0.140. The van der Waals surface area contributed by atoms with Crippen molar-refractivity contribution in [2.45, 2.75) is 31.7 Å². The number of ether oxygens (including phenoxy) is 1. The number of aliphatic hydroxyl groups excluding tert-OH is 2. The van der Waals surface area contributed by atoms with Crippen LogP contribution in [0.25, 0.3) is 10.9 Å². The number of hydrogen-bond donors (Lipinski definition) is 3. The maximum atomic E-state index is 13.6. The fourth-order valence-electron chi connectivity index (χ4n) is 5.36. The summed E-state index contributed by atoms with van der Waals surface area (Å²) >= 11 is 6.00. The lowest BCUT2D eigenvalue weighted by Gasteiger charge is -2.26. The molecule has 196 valence electrons. The molecule has 0 bridgehead atoms. The van der Waals surface area contributed by atoms with Crippen molar-refractivity contribution in [3.8, 4) is 5.75 Å². The van der Waals surface area contributed by atoms with Crippen LogP contribution in [0.1, 0.15) is 57.5 Å². The number of aliphatic hydroxyl groups is 2. The number of aromatic nitrogens is 1. The van der Waals surface area contributed by atoms with Gasteiger partial charge in [-0.05, 0) is 61.4 Å². The highest BCUT2D eigenvalue weighted by Crippen LogP contribution is 2.41. The smallest absolute Gasteiger partial charge is 0.311 e. The van der Waals surface area contributed by atoms with E-state index in [0.29, 0.717) is 49.6 Å². The number of carboxylic acids is 1. The monoisotopic (exact) mass is 534 g/mol. The fraction of sp³-hybridized carbons (Fsp3) is 0.241. The average Bonchev–Trinajstić information content (AvgIpc) is 3.33. The van der Waals surface area contributed by atoms with Crippen molar-refractivity contribution >= 4 is 34.4 Å². The van der Waals surface area contributed by atoms with Crippen LogP contribution in [-0.2, 0) is 4.79 Å². The Morgan fingerprint density at radius 3 is 2.21 bits per heavy atom. The Hall–Kier alpha value is -3.69. The van der Waals surface area contributed by atoms with E-state index in [-0.39, 0.29) is 18.9 Å². The highest BCUT2D eigenvalue weighted by molar-refractivity contribution is 6.30. The summed E-state index contributed by atoms with van der Waals surface area (Å²) in [5, 5.41) is 33.0. The van der Waals surface area contributed by atoms with Crippen LogP contribution < -0.4 is 4.74 Å². The molecule has 3 unspecified atom stereocenters. The van der Waals surface area contributed by atoms with Gasteiger partial charge in [-0.15, -0.1) is 0 Å². The van der Waals surface area contributed by atoms with Gasteiger partial charge >= 0.3 is 5.97 Å². The van der Waals surface area contributed by atoms with Crippen LogP contribution in [0.15, 0.2) is 66.7 Å². The molecule has 3 atom stereocenters. The molecule has 0 amide bonds. The van der Waals surface area contributed by atoms with Crippen molar-refractivity contribution in [2.75, 3.05) is 13.7 Å². The van der Waals surface area contributed by atoms with Crippen LogP contribution >= 0.6 is 11.6 Å². The van der Waals surface area contributed by atoms with Crippen molar-refractivity contribution < 1.29 is 29.6 Å². The Balaban J connectivity index is 1.56. The molecule has 0 fully saturated rings. The Kier molecular flexibility index (Phi) is 6.98. The normalized spacial score (nSPS) is 17.9. The van der Waals surface area contributed by atoms with Crippen LogP contribution in [0, 0.1) is 6.92 Å². The number of methoxy groups -OCH3 is 1. The summed E-state index contributed by atoms with van der Waals surface area (Å²) in [6, 6.07) is 18.7. The van der Waals surface area contributed by atoms with Gasteiger partial charge in [-0.25, -0.2) is 4.90 Å². The third-order valence-electron chi connectivity index (χ3n) is 7.26. The Morgan fingerprint density at radius 1 is 1.00 bits per heavy atom. The van der Waals surface area contributed by atoms with Crippen molar-refractivity contribution in [2.24, 2.45) is 0 Å². The number of fused-ring (bicyclic) bond motifs is 2. The van der Waals surface area contributed by atoms with E-state index in [9.17, 15) is 24.9 Å². The number of nitrogens with zero attached hydrogens (tertiary/aromatic N) is 2. The molecule has 9 heteroatoms. The number of rotatable bonds is 7. The van der Waals surface area contributed by atoms with Crippen LogP contribution in [-0.4, -0.2) is 50.3 Å². The molecule has 0 saturated carbocycles. The number of carbonyl (C=O) groups is 2. The minimum Gasteiger partial charge on any atom is -0.497 e. The first-order valence-electron chi connectivity index (χ1n) is 12.2. The van der Waals surface area contributed by atoms with Crippen LogP contribution in [0.5, 0.6) is 5.75 Å². The van der Waals surface area contributed by atoms with Crippen molar-refractivity contribution in [3.63, 3.8) is 0 Å². The Labute approximate surface area is 224 Å². The van der Waals surface area contributed by atoms with Crippen LogP contribution in [0.3, 0.4) is 0 Å². The van der Waals surface area contributed by atoms with E-state index >= 15 is 0 Å². The highest BCUT2D eigenvalue weighted by atomic mass is 35.5. The quantitative estimate of drug-likeness (QED) is 0.310. The lowest BCUT2D eigenvalue weighted by atomic mass is 9.92. The summed E-state index contributed by atoms with van der Waals surface area (Å²) in [7, 11) is 1.52. The minimum atomic E-state index is -1.07. The first-order valence-corrected chi connectivity index (χ1v) is 12.5. The summed E-state index contributed by atoms with van der Waals surface area (Å²) in [5.41, 5.74) is 3.12. The van der Waals surface area contributed by atoms with E-state index in [2.05, 4.69) is 0 Å². The zero-order valence-corrected chi connectivity index (χ0v) is 21.6. The molecule has 5 rings (SSSR count). The van der Waals surface area contributed by atoms with Gasteiger partial charge in [0.05, 0.1) is 18.5 Å². The number of hydrogen-bond acceptors (Lipinski definition) is 6. The zero-order chi connectivity index (χ0) is 27.1. The molecule has 3 N–H and O–H groups in total. The van der Waals surface area contributed by atoms with Crippen molar-refractivity contribution in [1.29, 1.82) is 0 Å². The standard InChI is InChI=1S/C29H27ClN2O6/c1-16-25(22(29(36)37)13-14-31-27(34)20-5-3-4-6-21(20)28(31)35)23-15-19(38-2)11-12-24(23)32(16)26(33)17-7-9-18(30)10-8-17/h3-12,15,22,27-28,34-35H,13-14H2,1-2H3,(H,36,37). The molecular formula is C29H27ClN2O6. The largest absolute Gasteiger partial charge is 0.497 e. The molecule has 3 aromatic carbocycles. The molecule has 8 nitrogen and oxygen atoms in total. The van der Waals surface area contributed by atoms with E-state index in [1.54, 1.807) is 73.7 Å². The third-order valence-corrected chi connectivity index (χ3v) is 7.51. The summed E-state index contributed by atoms with van der Waals surface area (Å²) in [5.74, 6) is -1.88. The predicted octanol–water partition coefficient (Wildman–Crippen LogP) is 4.86. The second kappa shape index (κ2) is 10.2. The molecule has 1 aliphatic heterocycles. The van der Waals surface area contributed by atoms with E-state index in [0.717, 1.165) is 0 Å².